The second-order valence-corrected chi connectivity index (χ2v) is 7.12. The monoisotopic (exact) mass is 412 g/mol. The summed E-state index contributed by atoms with van der Waals surface area (Å²) in [5, 5.41) is 0. The van der Waals surface area contributed by atoms with E-state index in [9.17, 15) is 24.0 Å². The highest BCUT2D eigenvalue weighted by molar-refractivity contribution is 6.10. The Morgan fingerprint density at radius 3 is 1.97 bits per heavy atom. The molecular formula is C20H28O9. The van der Waals surface area contributed by atoms with Gasteiger partial charge in [-0.1, -0.05) is 0 Å². The second kappa shape index (κ2) is 10.6. The smallest absolute Gasteiger partial charge is 0.316 e. The molecule has 3 rings (SSSR count). The maximum atomic E-state index is 11.8. The lowest BCUT2D eigenvalue weighted by Gasteiger charge is -2.33. The van der Waals surface area contributed by atoms with Crippen LogP contribution in [0.25, 0.3) is 0 Å². The van der Waals surface area contributed by atoms with Gasteiger partial charge in [0, 0.05) is 12.8 Å². The predicted molar refractivity (Wildman–Crippen MR) is 97.6 cm³/mol. The van der Waals surface area contributed by atoms with E-state index < -0.39 is 29.6 Å². The zero-order chi connectivity index (χ0) is 21.4. The van der Waals surface area contributed by atoms with Crippen molar-refractivity contribution in [1.82, 2.24) is 0 Å². The van der Waals surface area contributed by atoms with Gasteiger partial charge >= 0.3 is 11.9 Å². The molecule has 3 fully saturated rings. The fraction of sp³-hybridized carbons (Fsp3) is 0.750. The van der Waals surface area contributed by atoms with Gasteiger partial charge in [-0.3, -0.25) is 24.0 Å². The summed E-state index contributed by atoms with van der Waals surface area (Å²) in [5.74, 6) is -3.48. The molecule has 2 unspecified atom stereocenters. The molecule has 0 N–H and O–H groups in total. The van der Waals surface area contributed by atoms with Crippen LogP contribution in [0.4, 0.5) is 0 Å². The Balaban J connectivity index is 0.000000212. The minimum absolute atomic E-state index is 0.0782. The lowest BCUT2D eigenvalue weighted by Crippen LogP contribution is -2.43. The quantitative estimate of drug-likeness (QED) is 0.494. The summed E-state index contributed by atoms with van der Waals surface area (Å²) in [7, 11) is 0. The number of ketones is 3. The molecule has 0 amide bonds. The number of carbonyl (C=O) groups excluding carboxylic acids is 5. The molecule has 0 aromatic heterocycles. The average molecular weight is 412 g/mol. The molecule has 1 heterocycles. The fourth-order valence-electron chi connectivity index (χ4n) is 3.60. The molecule has 0 bridgehead atoms. The van der Waals surface area contributed by atoms with Crippen LogP contribution in [0.15, 0.2) is 0 Å². The van der Waals surface area contributed by atoms with Crippen molar-refractivity contribution in [2.75, 3.05) is 26.4 Å². The van der Waals surface area contributed by atoms with Gasteiger partial charge in [0.25, 0.3) is 0 Å². The number of hydrogen-bond acceptors (Lipinski definition) is 9. The lowest BCUT2D eigenvalue weighted by atomic mass is 9.84. The minimum atomic E-state index is -0.750. The zero-order valence-corrected chi connectivity index (χ0v) is 16.9. The van der Waals surface area contributed by atoms with Crippen LogP contribution >= 0.6 is 0 Å². The van der Waals surface area contributed by atoms with E-state index in [2.05, 4.69) is 0 Å². The van der Waals surface area contributed by atoms with Crippen molar-refractivity contribution in [3.63, 3.8) is 0 Å². The van der Waals surface area contributed by atoms with Crippen LogP contribution in [-0.4, -0.2) is 61.5 Å². The van der Waals surface area contributed by atoms with E-state index in [1.165, 1.54) is 0 Å². The standard InChI is InChI=1S/C11H16O5.C9H12O4/c1-2-14-10(13)8-3-4-11(7-9(8)12)15-5-6-16-11;1-2-13-9(12)7-4-3-6(10)5-8(7)11/h8H,2-7H2,1H3;7H,2-5H2,1H3. The molecule has 1 spiro atoms. The molecule has 2 aliphatic carbocycles. The highest BCUT2D eigenvalue weighted by Crippen LogP contribution is 2.36. The van der Waals surface area contributed by atoms with Crippen LogP contribution < -0.4 is 0 Å². The van der Waals surface area contributed by atoms with Gasteiger partial charge in [-0.25, -0.2) is 0 Å². The van der Waals surface area contributed by atoms with Gasteiger partial charge in [-0.2, -0.15) is 0 Å². The molecule has 2 saturated carbocycles. The van der Waals surface area contributed by atoms with Crippen LogP contribution in [0.3, 0.4) is 0 Å². The van der Waals surface area contributed by atoms with Crippen molar-refractivity contribution in [2.24, 2.45) is 11.8 Å². The Morgan fingerprint density at radius 2 is 1.48 bits per heavy atom. The fourth-order valence-corrected chi connectivity index (χ4v) is 3.60. The molecule has 162 valence electrons. The van der Waals surface area contributed by atoms with Gasteiger partial charge in [-0.05, 0) is 26.7 Å². The molecular weight excluding hydrogens is 384 g/mol. The second-order valence-electron chi connectivity index (χ2n) is 7.12. The SMILES string of the molecule is CCOC(=O)C1CCC(=O)CC1=O.CCOC(=O)C1CCC2(CC1=O)OCCO2. The first-order chi connectivity index (χ1) is 13.8. The summed E-state index contributed by atoms with van der Waals surface area (Å²) in [6, 6.07) is 0. The molecule has 9 nitrogen and oxygen atoms in total. The van der Waals surface area contributed by atoms with Crippen molar-refractivity contribution in [2.45, 2.75) is 58.2 Å². The number of hydrogen-bond donors (Lipinski definition) is 0. The first kappa shape index (κ1) is 23.2. The molecule has 9 heteroatoms. The molecule has 0 aromatic rings. The normalized spacial score (nSPS) is 25.9. The van der Waals surface area contributed by atoms with Crippen LogP contribution in [0.5, 0.6) is 0 Å². The summed E-state index contributed by atoms with van der Waals surface area (Å²) >= 11 is 0. The number of Topliss-reactive ketones (excluding diaryl/α,β-unsaturated/α-hetero) is 3. The Labute approximate surface area is 169 Å². The van der Waals surface area contributed by atoms with Crippen molar-refractivity contribution >= 4 is 29.3 Å². The predicted octanol–water partition coefficient (Wildman–Crippen LogP) is 1.15. The Hall–Kier alpha value is -2.13. The molecule has 29 heavy (non-hydrogen) atoms. The average Bonchev–Trinajstić information content (AvgIpc) is 3.10. The summed E-state index contributed by atoms with van der Waals surface area (Å²) < 4.78 is 20.5. The largest absolute Gasteiger partial charge is 0.465 e. The van der Waals surface area contributed by atoms with Crippen molar-refractivity contribution < 1.29 is 42.9 Å². The molecule has 2 atom stereocenters. The van der Waals surface area contributed by atoms with Crippen LogP contribution in [0.2, 0.25) is 0 Å². The molecule has 0 aromatic carbocycles. The number of ether oxygens (including phenoxy) is 4. The number of carbonyl (C=O) groups is 5. The minimum Gasteiger partial charge on any atom is -0.465 e. The summed E-state index contributed by atoms with van der Waals surface area (Å²) in [6.45, 7) is 5.05. The third-order valence-corrected chi connectivity index (χ3v) is 5.07. The summed E-state index contributed by atoms with van der Waals surface area (Å²) in [5.41, 5.74) is 0. The van der Waals surface area contributed by atoms with E-state index in [1.54, 1.807) is 13.8 Å². The van der Waals surface area contributed by atoms with Gasteiger partial charge < -0.3 is 18.9 Å². The Bertz CT molecular complexity index is 648. The van der Waals surface area contributed by atoms with E-state index in [4.69, 9.17) is 18.9 Å². The Kier molecular flexibility index (Phi) is 8.45. The first-order valence-electron chi connectivity index (χ1n) is 10.00. The van der Waals surface area contributed by atoms with Gasteiger partial charge in [0.1, 0.15) is 17.6 Å². The number of esters is 2. The van der Waals surface area contributed by atoms with Gasteiger partial charge in [-0.15, -0.1) is 0 Å². The maximum Gasteiger partial charge on any atom is 0.316 e. The molecule has 1 saturated heterocycles. The van der Waals surface area contributed by atoms with Gasteiger partial charge in [0.15, 0.2) is 17.4 Å². The topological polar surface area (TPSA) is 122 Å². The number of rotatable bonds is 4. The van der Waals surface area contributed by atoms with E-state index in [0.717, 1.165) is 0 Å². The molecule has 1 aliphatic heterocycles. The third kappa shape index (κ3) is 6.17. The van der Waals surface area contributed by atoms with Crippen LogP contribution in [0, 0.1) is 11.8 Å². The summed E-state index contributed by atoms with van der Waals surface area (Å²) in [4.78, 5) is 56.5. The highest BCUT2D eigenvalue weighted by Gasteiger charge is 2.47. The van der Waals surface area contributed by atoms with Gasteiger partial charge in [0.05, 0.1) is 39.3 Å². The third-order valence-electron chi connectivity index (χ3n) is 5.07. The summed E-state index contributed by atoms with van der Waals surface area (Å²) in [6.07, 6.45) is 1.73. The van der Waals surface area contributed by atoms with E-state index >= 15 is 0 Å². The van der Waals surface area contributed by atoms with Crippen molar-refractivity contribution in [3.8, 4) is 0 Å². The first-order valence-corrected chi connectivity index (χ1v) is 10.00. The van der Waals surface area contributed by atoms with E-state index in [1.807, 2.05) is 0 Å². The van der Waals surface area contributed by atoms with Crippen LogP contribution in [0.1, 0.15) is 52.4 Å². The Morgan fingerprint density at radius 1 is 0.931 bits per heavy atom. The molecule has 0 radical (unpaired) electrons. The maximum absolute atomic E-state index is 11.8. The van der Waals surface area contributed by atoms with E-state index in [0.29, 0.717) is 45.5 Å². The van der Waals surface area contributed by atoms with Gasteiger partial charge in [0.2, 0.25) is 0 Å². The van der Waals surface area contributed by atoms with Crippen molar-refractivity contribution in [3.05, 3.63) is 0 Å². The highest BCUT2D eigenvalue weighted by atomic mass is 16.7. The molecule has 3 aliphatic rings. The van der Waals surface area contributed by atoms with Crippen molar-refractivity contribution in [1.29, 1.82) is 0 Å². The zero-order valence-electron chi connectivity index (χ0n) is 16.9. The van der Waals surface area contributed by atoms with E-state index in [-0.39, 0.29) is 36.8 Å². The lowest BCUT2D eigenvalue weighted by molar-refractivity contribution is -0.189. The van der Waals surface area contributed by atoms with Crippen LogP contribution in [-0.2, 0) is 42.9 Å².